The van der Waals surface area contributed by atoms with E-state index in [0.29, 0.717) is 0 Å². The van der Waals surface area contributed by atoms with Crippen molar-refractivity contribution in [1.82, 2.24) is 0 Å². The van der Waals surface area contributed by atoms with Gasteiger partial charge in [-0.15, -0.1) is 0 Å². The van der Waals surface area contributed by atoms with E-state index in [1.807, 2.05) is 38.1 Å². The summed E-state index contributed by atoms with van der Waals surface area (Å²) in [5.74, 6) is 0.206. The van der Waals surface area contributed by atoms with E-state index < -0.39 is 10.4 Å². The summed E-state index contributed by atoms with van der Waals surface area (Å²) in [5, 5.41) is 0. The lowest BCUT2D eigenvalue weighted by molar-refractivity contribution is 0.318. The zero-order valence-electron chi connectivity index (χ0n) is 11.8. The highest BCUT2D eigenvalue weighted by molar-refractivity contribution is 7.99. The van der Waals surface area contributed by atoms with Crippen molar-refractivity contribution < 1.29 is 16.8 Å². The van der Waals surface area contributed by atoms with Crippen LogP contribution in [0, 0.1) is 13.8 Å². The van der Waals surface area contributed by atoms with Crippen molar-refractivity contribution in [2.45, 2.75) is 18.7 Å². The van der Waals surface area contributed by atoms with Crippen LogP contribution in [0.2, 0.25) is 0 Å². The molecule has 0 saturated heterocycles. The first-order chi connectivity index (χ1) is 9.94. The maximum Gasteiger partial charge on any atom is 0.449 e. The molecule has 0 aliphatic rings. The minimum atomic E-state index is -4.05. The Morgan fingerprint density at radius 1 is 0.905 bits per heavy atom. The third-order valence-electron chi connectivity index (χ3n) is 2.66. The fourth-order valence-corrected chi connectivity index (χ4v) is 3.04. The van der Waals surface area contributed by atoms with Crippen LogP contribution in [0.4, 0.5) is 0 Å². The molecule has 0 saturated carbocycles. The van der Waals surface area contributed by atoms with Crippen LogP contribution < -0.4 is 4.18 Å². The van der Waals surface area contributed by atoms with Gasteiger partial charge in [-0.05, 0) is 38.1 Å². The molecule has 0 aliphatic heterocycles. The van der Waals surface area contributed by atoms with Crippen LogP contribution in [0.25, 0.3) is 0 Å². The van der Waals surface area contributed by atoms with Crippen LogP contribution in [0.15, 0.2) is 53.4 Å². The summed E-state index contributed by atoms with van der Waals surface area (Å²) in [6.07, 6.45) is 0. The lowest BCUT2D eigenvalue weighted by Gasteiger charge is -2.07. The molecule has 2 aromatic carbocycles. The Morgan fingerprint density at radius 3 is 2.00 bits per heavy atom. The summed E-state index contributed by atoms with van der Waals surface area (Å²) < 4.78 is 33.0. The van der Waals surface area contributed by atoms with Gasteiger partial charge in [-0.3, -0.25) is 0 Å². The van der Waals surface area contributed by atoms with Gasteiger partial charge in [-0.2, -0.15) is 8.42 Å². The van der Waals surface area contributed by atoms with Crippen LogP contribution in [-0.2, 0) is 14.6 Å². The van der Waals surface area contributed by atoms with Crippen molar-refractivity contribution in [1.29, 1.82) is 0 Å². The average Bonchev–Trinajstić information content (AvgIpc) is 2.43. The third-order valence-corrected chi connectivity index (χ3v) is 4.45. The fourth-order valence-electron chi connectivity index (χ4n) is 1.52. The zero-order chi connectivity index (χ0) is 15.3. The number of hydrogen-bond acceptors (Lipinski definition) is 5. The second-order valence-electron chi connectivity index (χ2n) is 4.50. The minimum Gasteiger partial charge on any atom is -0.362 e. The van der Waals surface area contributed by atoms with E-state index in [1.54, 1.807) is 24.3 Å². The smallest absolute Gasteiger partial charge is 0.362 e. The number of rotatable bonds is 6. The fraction of sp³-hybridized carbons (Fsp3) is 0.200. The Hall–Kier alpha value is -1.50. The van der Waals surface area contributed by atoms with Crippen LogP contribution in [-0.4, -0.2) is 14.4 Å². The van der Waals surface area contributed by atoms with Gasteiger partial charge in [0, 0.05) is 4.90 Å². The lowest BCUT2D eigenvalue weighted by Crippen LogP contribution is -2.13. The topological polar surface area (TPSA) is 52.6 Å². The standard InChI is InChI=1S/C15H16O4S2/c1-12-3-7-14(8-4-12)19-21(16,17)18-11-20-15-9-5-13(2)6-10-15/h3-10H,11H2,1-2H3. The molecule has 0 radical (unpaired) electrons. The average molecular weight is 324 g/mol. The number of hydrogen-bond donors (Lipinski definition) is 0. The second kappa shape index (κ2) is 6.98. The van der Waals surface area contributed by atoms with Gasteiger partial charge in [-0.25, -0.2) is 4.18 Å². The molecule has 0 heterocycles. The summed E-state index contributed by atoms with van der Waals surface area (Å²) in [7, 11) is -4.05. The highest BCUT2D eigenvalue weighted by atomic mass is 32.3. The van der Waals surface area contributed by atoms with Crippen molar-refractivity contribution in [3.8, 4) is 5.75 Å². The van der Waals surface area contributed by atoms with Gasteiger partial charge in [0.15, 0.2) is 0 Å². The van der Waals surface area contributed by atoms with Gasteiger partial charge in [0.1, 0.15) is 11.7 Å². The molecular weight excluding hydrogens is 308 g/mol. The monoisotopic (exact) mass is 324 g/mol. The van der Waals surface area contributed by atoms with Crippen molar-refractivity contribution in [2.24, 2.45) is 0 Å². The molecule has 0 aromatic heterocycles. The molecule has 0 N–H and O–H groups in total. The Bertz CT molecular complexity index is 677. The Morgan fingerprint density at radius 2 is 1.43 bits per heavy atom. The van der Waals surface area contributed by atoms with Crippen molar-refractivity contribution >= 4 is 22.2 Å². The van der Waals surface area contributed by atoms with E-state index in [0.717, 1.165) is 16.0 Å². The third kappa shape index (κ3) is 5.41. The van der Waals surface area contributed by atoms with E-state index >= 15 is 0 Å². The van der Waals surface area contributed by atoms with Crippen molar-refractivity contribution in [3.05, 3.63) is 59.7 Å². The van der Waals surface area contributed by atoms with Gasteiger partial charge in [0.25, 0.3) is 0 Å². The predicted octanol–water partition coefficient (Wildman–Crippen LogP) is 3.69. The number of benzene rings is 2. The predicted molar refractivity (Wildman–Crippen MR) is 83.7 cm³/mol. The summed E-state index contributed by atoms with van der Waals surface area (Å²) in [4.78, 5) is 0.936. The molecule has 0 unspecified atom stereocenters. The first-order valence-electron chi connectivity index (χ1n) is 6.29. The molecule has 6 heteroatoms. The molecule has 4 nitrogen and oxygen atoms in total. The van der Waals surface area contributed by atoms with Crippen LogP contribution in [0.1, 0.15) is 11.1 Å². The molecular formula is C15H16O4S2. The van der Waals surface area contributed by atoms with E-state index in [4.69, 9.17) is 8.37 Å². The summed E-state index contributed by atoms with van der Waals surface area (Å²) in [6, 6.07) is 14.5. The Balaban J connectivity index is 1.86. The van der Waals surface area contributed by atoms with Crippen LogP contribution in [0.5, 0.6) is 5.75 Å². The van der Waals surface area contributed by atoms with Crippen LogP contribution in [0.3, 0.4) is 0 Å². The molecule has 0 atom stereocenters. The number of aryl methyl sites for hydroxylation is 2. The maximum atomic E-state index is 11.7. The van der Waals surface area contributed by atoms with Gasteiger partial charge in [0.2, 0.25) is 0 Å². The molecule has 0 amide bonds. The highest BCUT2D eigenvalue weighted by Gasteiger charge is 2.13. The normalized spacial score (nSPS) is 11.3. The van der Waals surface area contributed by atoms with E-state index in [2.05, 4.69) is 0 Å². The molecule has 0 spiro atoms. The highest BCUT2D eigenvalue weighted by Crippen LogP contribution is 2.20. The molecule has 112 valence electrons. The summed E-state index contributed by atoms with van der Waals surface area (Å²) in [5.41, 5.74) is 2.17. The van der Waals surface area contributed by atoms with Gasteiger partial charge in [-0.1, -0.05) is 47.2 Å². The quantitative estimate of drug-likeness (QED) is 0.599. The SMILES string of the molecule is Cc1ccc(OS(=O)(=O)OCSc2ccc(C)cc2)cc1. The Kier molecular flexibility index (Phi) is 5.27. The molecule has 0 aliphatic carbocycles. The van der Waals surface area contributed by atoms with Crippen molar-refractivity contribution in [2.75, 3.05) is 5.94 Å². The zero-order valence-corrected chi connectivity index (χ0v) is 13.4. The lowest BCUT2D eigenvalue weighted by atomic mass is 10.2. The molecule has 0 bridgehead atoms. The Labute approximate surface area is 129 Å². The first kappa shape index (κ1) is 15.9. The molecule has 2 rings (SSSR count). The molecule has 21 heavy (non-hydrogen) atoms. The first-order valence-corrected chi connectivity index (χ1v) is 8.61. The largest absolute Gasteiger partial charge is 0.449 e. The molecule has 0 fully saturated rings. The van der Waals surface area contributed by atoms with E-state index in [1.165, 1.54) is 11.8 Å². The van der Waals surface area contributed by atoms with Crippen molar-refractivity contribution in [3.63, 3.8) is 0 Å². The van der Waals surface area contributed by atoms with E-state index in [-0.39, 0.29) is 11.7 Å². The molecule has 2 aromatic rings. The number of thioether (sulfide) groups is 1. The van der Waals surface area contributed by atoms with Gasteiger partial charge >= 0.3 is 10.4 Å². The second-order valence-corrected chi connectivity index (χ2v) is 6.71. The maximum absolute atomic E-state index is 11.7. The minimum absolute atomic E-state index is 0.0305. The van der Waals surface area contributed by atoms with E-state index in [9.17, 15) is 8.42 Å². The van der Waals surface area contributed by atoms with Gasteiger partial charge in [0.05, 0.1) is 0 Å². The summed E-state index contributed by atoms with van der Waals surface area (Å²) in [6.45, 7) is 3.90. The van der Waals surface area contributed by atoms with Crippen LogP contribution >= 0.6 is 11.8 Å². The summed E-state index contributed by atoms with van der Waals surface area (Å²) >= 11 is 1.29. The van der Waals surface area contributed by atoms with Gasteiger partial charge < -0.3 is 4.18 Å².